The average Bonchev–Trinajstić information content (AvgIpc) is 2.59. The van der Waals surface area contributed by atoms with E-state index in [1.165, 1.54) is 70.6 Å². The first-order valence-electron chi connectivity index (χ1n) is 9.84. The summed E-state index contributed by atoms with van der Waals surface area (Å²) in [7, 11) is 0. The zero-order valence-electron chi connectivity index (χ0n) is 14.6. The van der Waals surface area contributed by atoms with Crippen LogP contribution < -0.4 is 0 Å². The van der Waals surface area contributed by atoms with Gasteiger partial charge in [-0.25, -0.2) is 0 Å². The highest BCUT2D eigenvalue weighted by atomic mass is 16.5. The van der Waals surface area contributed by atoms with Crippen molar-refractivity contribution < 1.29 is 4.74 Å². The lowest BCUT2D eigenvalue weighted by Crippen LogP contribution is -2.28. The molecule has 2 heteroatoms. The number of rotatable bonds is 8. The fraction of sp³-hybridized carbons (Fsp3) is 0.950. The van der Waals surface area contributed by atoms with Crippen molar-refractivity contribution in [3.05, 3.63) is 0 Å². The maximum absolute atomic E-state index is 9.01. The van der Waals surface area contributed by atoms with Crippen LogP contribution in [0.1, 0.15) is 90.4 Å². The third-order valence-electron chi connectivity index (χ3n) is 5.94. The van der Waals surface area contributed by atoms with Gasteiger partial charge in [-0.3, -0.25) is 0 Å². The van der Waals surface area contributed by atoms with Crippen molar-refractivity contribution in [2.45, 2.75) is 96.5 Å². The highest BCUT2D eigenvalue weighted by molar-refractivity contribution is 4.89. The first-order chi connectivity index (χ1) is 10.8. The summed E-state index contributed by atoms with van der Waals surface area (Å²) < 4.78 is 6.09. The molecule has 0 amide bonds. The maximum Gasteiger partial charge on any atom is 0.0655 e. The van der Waals surface area contributed by atoms with Crippen LogP contribution in [-0.4, -0.2) is 12.7 Å². The summed E-state index contributed by atoms with van der Waals surface area (Å²) >= 11 is 0. The minimum absolute atomic E-state index is 0.351. The zero-order valence-corrected chi connectivity index (χ0v) is 14.6. The lowest BCUT2D eigenvalue weighted by Gasteiger charge is -2.36. The Morgan fingerprint density at radius 2 is 1.41 bits per heavy atom. The van der Waals surface area contributed by atoms with Gasteiger partial charge in [-0.1, -0.05) is 32.6 Å². The fourth-order valence-corrected chi connectivity index (χ4v) is 4.40. The van der Waals surface area contributed by atoms with E-state index in [1.54, 1.807) is 0 Å². The second-order valence-corrected chi connectivity index (χ2v) is 7.56. The smallest absolute Gasteiger partial charge is 0.0655 e. The molecule has 0 saturated heterocycles. The van der Waals surface area contributed by atoms with E-state index >= 15 is 0 Å². The Bertz CT molecular complexity index is 319. The highest BCUT2D eigenvalue weighted by Gasteiger charge is 2.30. The summed E-state index contributed by atoms with van der Waals surface area (Å²) in [6.45, 7) is 3.24. The number of hydrogen-bond donors (Lipinski definition) is 0. The normalized spacial score (nSPS) is 32.5. The number of nitrogens with zero attached hydrogens (tertiary/aromatic N) is 1. The van der Waals surface area contributed by atoms with E-state index in [0.29, 0.717) is 12.0 Å². The summed E-state index contributed by atoms with van der Waals surface area (Å²) in [6.07, 6.45) is 17.4. The Kier molecular flexibility index (Phi) is 8.31. The minimum atomic E-state index is 0.351. The van der Waals surface area contributed by atoms with Crippen LogP contribution in [0.25, 0.3) is 0 Å². The van der Waals surface area contributed by atoms with Crippen LogP contribution in [0, 0.1) is 29.1 Å². The molecule has 2 rings (SSSR count). The van der Waals surface area contributed by atoms with Gasteiger partial charge in [0.2, 0.25) is 0 Å². The van der Waals surface area contributed by atoms with Crippen molar-refractivity contribution >= 4 is 0 Å². The number of hydrogen-bond acceptors (Lipinski definition) is 2. The predicted molar refractivity (Wildman–Crippen MR) is 91.5 cm³/mol. The lowest BCUT2D eigenvalue weighted by molar-refractivity contribution is 0.00602. The van der Waals surface area contributed by atoms with Gasteiger partial charge in [0, 0.05) is 12.5 Å². The Hall–Kier alpha value is -0.550. The molecule has 0 aromatic heterocycles. The van der Waals surface area contributed by atoms with E-state index in [1.807, 2.05) is 0 Å². The Balaban J connectivity index is 1.53. The van der Waals surface area contributed by atoms with Gasteiger partial charge in [0.15, 0.2) is 0 Å². The molecule has 0 bridgehead atoms. The van der Waals surface area contributed by atoms with Gasteiger partial charge in [0.05, 0.1) is 12.2 Å². The highest BCUT2D eigenvalue weighted by Crippen LogP contribution is 2.40. The minimum Gasteiger partial charge on any atom is -0.378 e. The molecule has 0 aromatic rings. The van der Waals surface area contributed by atoms with E-state index in [4.69, 9.17) is 10.00 Å². The van der Waals surface area contributed by atoms with Gasteiger partial charge in [0.25, 0.3) is 0 Å². The van der Waals surface area contributed by atoms with Crippen molar-refractivity contribution in [2.24, 2.45) is 17.8 Å². The van der Waals surface area contributed by atoms with E-state index in [2.05, 4.69) is 13.0 Å². The second-order valence-electron chi connectivity index (χ2n) is 7.56. The Morgan fingerprint density at radius 3 is 2.00 bits per heavy atom. The molecule has 2 fully saturated rings. The summed E-state index contributed by atoms with van der Waals surface area (Å²) in [5.41, 5.74) is 0. The third-order valence-corrected chi connectivity index (χ3v) is 5.94. The molecule has 2 aliphatic rings. The zero-order chi connectivity index (χ0) is 15.6. The molecule has 2 nitrogen and oxygen atoms in total. The molecule has 0 aliphatic heterocycles. The molecule has 0 spiro atoms. The maximum atomic E-state index is 9.01. The van der Waals surface area contributed by atoms with E-state index in [9.17, 15) is 0 Å². The third kappa shape index (κ3) is 5.92. The summed E-state index contributed by atoms with van der Waals surface area (Å²) in [5.74, 6) is 2.17. The second kappa shape index (κ2) is 10.3. The molecular weight excluding hydrogens is 270 g/mol. The van der Waals surface area contributed by atoms with E-state index in [0.717, 1.165) is 31.3 Å². The summed E-state index contributed by atoms with van der Waals surface area (Å²) in [6, 6.07) is 2.46. The topological polar surface area (TPSA) is 33.0 Å². The van der Waals surface area contributed by atoms with Crippen LogP contribution in [0.5, 0.6) is 0 Å². The average molecular weight is 306 g/mol. The van der Waals surface area contributed by atoms with Gasteiger partial charge < -0.3 is 4.74 Å². The van der Waals surface area contributed by atoms with Crippen LogP contribution in [0.3, 0.4) is 0 Å². The molecule has 0 unspecified atom stereocenters. The van der Waals surface area contributed by atoms with Gasteiger partial charge in [-0.05, 0) is 69.6 Å². The summed E-state index contributed by atoms with van der Waals surface area (Å²) in [4.78, 5) is 0. The Morgan fingerprint density at radius 1 is 0.818 bits per heavy atom. The van der Waals surface area contributed by atoms with Crippen molar-refractivity contribution in [3.63, 3.8) is 0 Å². The molecule has 2 aliphatic carbocycles. The molecule has 2 saturated carbocycles. The molecule has 0 atom stereocenters. The number of unbranched alkanes of at least 4 members (excludes halogenated alkanes) is 4. The van der Waals surface area contributed by atoms with Crippen molar-refractivity contribution in [2.75, 3.05) is 6.61 Å². The van der Waals surface area contributed by atoms with Crippen LogP contribution in [0.4, 0.5) is 0 Å². The van der Waals surface area contributed by atoms with Gasteiger partial charge in [-0.15, -0.1) is 0 Å². The standard InChI is InChI=1S/C20H35NO/c1-2-3-4-5-6-15-22-20-13-11-19(12-14-20)18-9-7-17(16-21)8-10-18/h17-20H,2-15H2,1H3. The number of nitriles is 1. The molecule has 126 valence electrons. The molecule has 0 radical (unpaired) electrons. The number of ether oxygens (including phenoxy) is 1. The van der Waals surface area contributed by atoms with E-state index in [-0.39, 0.29) is 0 Å². The first-order valence-corrected chi connectivity index (χ1v) is 9.84. The SMILES string of the molecule is CCCCCCCOC1CCC(C2CCC(C#N)CC2)CC1. The summed E-state index contributed by atoms with van der Waals surface area (Å²) in [5, 5.41) is 9.01. The molecule has 0 aromatic carbocycles. The largest absolute Gasteiger partial charge is 0.378 e. The van der Waals surface area contributed by atoms with Gasteiger partial charge in [-0.2, -0.15) is 5.26 Å². The fourth-order valence-electron chi connectivity index (χ4n) is 4.40. The van der Waals surface area contributed by atoms with Crippen LogP contribution in [0.2, 0.25) is 0 Å². The van der Waals surface area contributed by atoms with Crippen molar-refractivity contribution in [1.82, 2.24) is 0 Å². The van der Waals surface area contributed by atoms with Crippen molar-refractivity contribution in [3.8, 4) is 6.07 Å². The van der Waals surface area contributed by atoms with Crippen LogP contribution >= 0.6 is 0 Å². The van der Waals surface area contributed by atoms with E-state index < -0.39 is 0 Å². The quantitative estimate of drug-likeness (QED) is 0.526. The van der Waals surface area contributed by atoms with Crippen LogP contribution in [0.15, 0.2) is 0 Å². The van der Waals surface area contributed by atoms with Crippen LogP contribution in [-0.2, 0) is 4.74 Å². The van der Waals surface area contributed by atoms with Crippen molar-refractivity contribution in [1.29, 1.82) is 5.26 Å². The molecular formula is C20H35NO. The molecule has 22 heavy (non-hydrogen) atoms. The lowest BCUT2D eigenvalue weighted by atomic mass is 9.71. The van der Waals surface area contributed by atoms with Gasteiger partial charge >= 0.3 is 0 Å². The molecule has 0 heterocycles. The first kappa shape index (κ1) is 17.8. The predicted octanol–water partition coefficient (Wildman–Crippen LogP) is 5.86. The molecule has 0 N–H and O–H groups in total. The van der Waals surface area contributed by atoms with Gasteiger partial charge in [0.1, 0.15) is 0 Å². The monoisotopic (exact) mass is 305 g/mol. The Labute approximate surface area is 137 Å².